The molecule has 1 aliphatic rings. The van der Waals surface area contributed by atoms with Crippen LogP contribution in [0.1, 0.15) is 16.8 Å². The highest BCUT2D eigenvalue weighted by Crippen LogP contribution is 2.24. The maximum atomic E-state index is 11.8. The zero-order chi connectivity index (χ0) is 14.0. The third-order valence-electron chi connectivity index (χ3n) is 3.22. The lowest BCUT2D eigenvalue weighted by atomic mass is 10.2. The third-order valence-corrected chi connectivity index (χ3v) is 3.53. The van der Waals surface area contributed by atoms with Crippen LogP contribution in [0.25, 0.3) is 0 Å². The lowest BCUT2D eigenvalue weighted by molar-refractivity contribution is -0.127. The van der Waals surface area contributed by atoms with Gasteiger partial charge in [-0.15, -0.1) is 0 Å². The van der Waals surface area contributed by atoms with E-state index in [1.54, 1.807) is 24.1 Å². The SMILES string of the molecule is CN1CCCN(c2ccc(C(=O)O)c(Cl)c2)CC1=O. The molecule has 0 unspecified atom stereocenters. The summed E-state index contributed by atoms with van der Waals surface area (Å²) in [6.07, 6.45) is 0.876. The molecular weight excluding hydrogens is 268 g/mol. The van der Waals surface area contributed by atoms with Gasteiger partial charge >= 0.3 is 5.97 Å². The molecule has 0 aliphatic carbocycles. The molecule has 0 spiro atoms. The first kappa shape index (κ1) is 13.7. The van der Waals surface area contributed by atoms with E-state index in [0.29, 0.717) is 6.54 Å². The highest BCUT2D eigenvalue weighted by Gasteiger charge is 2.20. The van der Waals surface area contributed by atoms with Crippen molar-refractivity contribution < 1.29 is 14.7 Å². The number of hydrogen-bond acceptors (Lipinski definition) is 3. The normalized spacial score (nSPS) is 16.4. The fourth-order valence-corrected chi connectivity index (χ4v) is 2.34. The quantitative estimate of drug-likeness (QED) is 0.897. The number of hydrogen-bond donors (Lipinski definition) is 1. The Kier molecular flexibility index (Phi) is 3.95. The molecule has 0 bridgehead atoms. The lowest BCUT2D eigenvalue weighted by Gasteiger charge is -2.22. The van der Waals surface area contributed by atoms with Crippen LogP contribution < -0.4 is 4.90 Å². The number of anilines is 1. The first-order valence-corrected chi connectivity index (χ1v) is 6.38. The molecular formula is C13H15ClN2O3. The Morgan fingerprint density at radius 2 is 2.11 bits per heavy atom. The molecule has 102 valence electrons. The van der Waals surface area contributed by atoms with Crippen LogP contribution in [0.2, 0.25) is 5.02 Å². The zero-order valence-electron chi connectivity index (χ0n) is 10.6. The Morgan fingerprint density at radius 3 is 2.74 bits per heavy atom. The van der Waals surface area contributed by atoms with Gasteiger partial charge in [0.05, 0.1) is 17.1 Å². The Hall–Kier alpha value is -1.75. The van der Waals surface area contributed by atoms with Crippen molar-refractivity contribution in [3.05, 3.63) is 28.8 Å². The summed E-state index contributed by atoms with van der Waals surface area (Å²) in [5.74, 6) is -1.00. The minimum atomic E-state index is -1.05. The van der Waals surface area contributed by atoms with Crippen LogP contribution in [0.3, 0.4) is 0 Å². The van der Waals surface area contributed by atoms with Gasteiger partial charge < -0.3 is 14.9 Å². The Labute approximate surface area is 116 Å². The molecule has 0 atom stereocenters. The molecule has 0 aromatic heterocycles. The Balaban J connectivity index is 2.24. The first-order valence-electron chi connectivity index (χ1n) is 6.01. The summed E-state index contributed by atoms with van der Waals surface area (Å²) < 4.78 is 0. The van der Waals surface area contributed by atoms with E-state index in [4.69, 9.17) is 16.7 Å². The largest absolute Gasteiger partial charge is 0.478 e. The van der Waals surface area contributed by atoms with Crippen LogP contribution in [0.5, 0.6) is 0 Å². The molecule has 1 heterocycles. The maximum absolute atomic E-state index is 11.8. The number of amides is 1. The van der Waals surface area contributed by atoms with Gasteiger partial charge in [-0.3, -0.25) is 4.79 Å². The van der Waals surface area contributed by atoms with Crippen molar-refractivity contribution in [3.8, 4) is 0 Å². The van der Waals surface area contributed by atoms with E-state index in [2.05, 4.69) is 0 Å². The summed E-state index contributed by atoms with van der Waals surface area (Å²) in [7, 11) is 1.78. The molecule has 6 heteroatoms. The van der Waals surface area contributed by atoms with Crippen LogP contribution >= 0.6 is 11.6 Å². The van der Waals surface area contributed by atoms with Crippen molar-refractivity contribution in [1.29, 1.82) is 0 Å². The van der Waals surface area contributed by atoms with Crippen LogP contribution in [0, 0.1) is 0 Å². The van der Waals surface area contributed by atoms with E-state index in [1.165, 1.54) is 6.07 Å². The van der Waals surface area contributed by atoms with E-state index in [0.717, 1.165) is 25.2 Å². The summed E-state index contributed by atoms with van der Waals surface area (Å²) in [5.41, 5.74) is 0.849. The maximum Gasteiger partial charge on any atom is 0.337 e. The summed E-state index contributed by atoms with van der Waals surface area (Å²) in [6.45, 7) is 1.77. The summed E-state index contributed by atoms with van der Waals surface area (Å²) in [5, 5.41) is 9.12. The second-order valence-corrected chi connectivity index (χ2v) is 4.97. The monoisotopic (exact) mass is 282 g/mol. The molecule has 5 nitrogen and oxygen atoms in total. The van der Waals surface area contributed by atoms with Crippen LogP contribution in [0.4, 0.5) is 5.69 Å². The molecule has 1 aromatic carbocycles. The summed E-state index contributed by atoms with van der Waals surface area (Å²) >= 11 is 5.95. The second-order valence-electron chi connectivity index (χ2n) is 4.56. The average molecular weight is 283 g/mol. The van der Waals surface area contributed by atoms with Crippen molar-refractivity contribution in [2.24, 2.45) is 0 Å². The molecule has 1 saturated heterocycles. The van der Waals surface area contributed by atoms with E-state index in [-0.39, 0.29) is 16.5 Å². The lowest BCUT2D eigenvalue weighted by Crippen LogP contribution is -2.34. The van der Waals surface area contributed by atoms with Crippen LogP contribution in [-0.4, -0.2) is 48.6 Å². The number of aromatic carboxylic acids is 1. The molecule has 1 aromatic rings. The smallest absolute Gasteiger partial charge is 0.337 e. The molecule has 2 rings (SSSR count). The molecule has 0 saturated carbocycles. The van der Waals surface area contributed by atoms with Crippen LogP contribution in [-0.2, 0) is 4.79 Å². The van der Waals surface area contributed by atoms with Crippen molar-refractivity contribution in [1.82, 2.24) is 4.90 Å². The van der Waals surface area contributed by atoms with Crippen molar-refractivity contribution in [2.75, 3.05) is 31.6 Å². The second kappa shape index (κ2) is 5.48. The minimum Gasteiger partial charge on any atom is -0.478 e. The summed E-state index contributed by atoms with van der Waals surface area (Å²) in [4.78, 5) is 26.3. The van der Waals surface area contributed by atoms with Gasteiger partial charge in [0.1, 0.15) is 0 Å². The predicted molar refractivity (Wildman–Crippen MR) is 72.9 cm³/mol. The number of carbonyl (C=O) groups is 2. The number of benzene rings is 1. The number of halogens is 1. The standard InChI is InChI=1S/C13H15ClN2O3/c1-15-5-2-6-16(8-12(15)17)9-3-4-10(13(18)19)11(14)7-9/h3-4,7H,2,5-6,8H2,1H3,(H,18,19). The van der Waals surface area contributed by atoms with E-state index in [1.807, 2.05) is 4.90 Å². The summed E-state index contributed by atoms with van der Waals surface area (Å²) in [6, 6.07) is 4.76. The number of nitrogens with zero attached hydrogens (tertiary/aromatic N) is 2. The molecule has 1 aliphatic heterocycles. The van der Waals surface area contributed by atoms with Gasteiger partial charge in [-0.1, -0.05) is 11.6 Å². The van der Waals surface area contributed by atoms with Gasteiger partial charge in [-0.2, -0.15) is 0 Å². The predicted octanol–water partition coefficient (Wildman–Crippen LogP) is 1.71. The van der Waals surface area contributed by atoms with Crippen molar-refractivity contribution in [2.45, 2.75) is 6.42 Å². The molecule has 19 heavy (non-hydrogen) atoms. The highest BCUT2D eigenvalue weighted by molar-refractivity contribution is 6.33. The topological polar surface area (TPSA) is 60.9 Å². The van der Waals surface area contributed by atoms with Gasteiger partial charge in [0.2, 0.25) is 5.91 Å². The molecule has 1 fully saturated rings. The number of likely N-dealkylation sites (N-methyl/N-ethyl adjacent to an activating group) is 1. The number of rotatable bonds is 2. The molecule has 1 N–H and O–H groups in total. The zero-order valence-corrected chi connectivity index (χ0v) is 11.4. The van der Waals surface area contributed by atoms with Crippen molar-refractivity contribution >= 4 is 29.2 Å². The van der Waals surface area contributed by atoms with E-state index in [9.17, 15) is 9.59 Å². The third kappa shape index (κ3) is 2.98. The van der Waals surface area contributed by atoms with Gasteiger partial charge in [0.15, 0.2) is 0 Å². The fourth-order valence-electron chi connectivity index (χ4n) is 2.08. The average Bonchev–Trinajstić information content (AvgIpc) is 2.51. The number of carbonyl (C=O) groups excluding carboxylic acids is 1. The molecule has 1 amide bonds. The fraction of sp³-hybridized carbons (Fsp3) is 0.385. The Bertz CT molecular complexity index is 519. The first-order chi connectivity index (χ1) is 8.99. The number of carboxylic acids is 1. The van der Waals surface area contributed by atoms with E-state index >= 15 is 0 Å². The minimum absolute atomic E-state index is 0.0518. The number of carboxylic acid groups (broad SMARTS) is 1. The van der Waals surface area contributed by atoms with Gasteiger partial charge in [0, 0.05) is 25.8 Å². The van der Waals surface area contributed by atoms with Crippen molar-refractivity contribution in [3.63, 3.8) is 0 Å². The van der Waals surface area contributed by atoms with E-state index < -0.39 is 5.97 Å². The van der Waals surface area contributed by atoms with Gasteiger partial charge in [-0.25, -0.2) is 4.79 Å². The van der Waals surface area contributed by atoms with Crippen LogP contribution in [0.15, 0.2) is 18.2 Å². The highest BCUT2D eigenvalue weighted by atomic mass is 35.5. The molecule has 0 radical (unpaired) electrons. The Morgan fingerprint density at radius 1 is 1.37 bits per heavy atom. The van der Waals surface area contributed by atoms with Gasteiger partial charge in [0.25, 0.3) is 0 Å². The van der Waals surface area contributed by atoms with Gasteiger partial charge in [-0.05, 0) is 24.6 Å².